The van der Waals surface area contributed by atoms with Crippen LogP contribution in [0.2, 0.25) is 0 Å². The van der Waals surface area contributed by atoms with Crippen LogP contribution >= 0.6 is 24.0 Å². The zero-order valence-corrected chi connectivity index (χ0v) is 22.6. The first kappa shape index (κ1) is 26.7. The van der Waals surface area contributed by atoms with Gasteiger partial charge >= 0.3 is 0 Å². The fraction of sp³-hybridized carbons (Fsp3) is 0.385. The number of ether oxygens (including phenoxy) is 3. The van der Waals surface area contributed by atoms with E-state index in [0.717, 1.165) is 5.56 Å². The molecule has 0 bridgehead atoms. The van der Waals surface area contributed by atoms with E-state index in [0.29, 0.717) is 76.9 Å². The van der Waals surface area contributed by atoms with Gasteiger partial charge in [0.2, 0.25) is 6.79 Å². The van der Waals surface area contributed by atoms with E-state index in [9.17, 15) is 14.9 Å². The minimum absolute atomic E-state index is 0.0499. The van der Waals surface area contributed by atoms with Gasteiger partial charge in [-0.3, -0.25) is 19.1 Å². The third kappa shape index (κ3) is 5.51. The highest BCUT2D eigenvalue weighted by molar-refractivity contribution is 8.26. The second kappa shape index (κ2) is 11.8. The molecule has 0 saturated carbocycles. The topological polar surface area (TPSA) is 106 Å². The average Bonchev–Trinajstić information content (AvgIpc) is 3.46. The Kier molecular flexibility index (Phi) is 8.53. The molecule has 1 N–H and O–H groups in total. The predicted octanol–water partition coefficient (Wildman–Crippen LogP) is 4.02. The van der Waals surface area contributed by atoms with Crippen molar-refractivity contribution in [2.75, 3.05) is 31.9 Å². The molecule has 0 aliphatic carbocycles. The summed E-state index contributed by atoms with van der Waals surface area (Å²) in [6.07, 6.45) is 2.40. The summed E-state index contributed by atoms with van der Waals surface area (Å²) in [6, 6.07) is 7.68. The first-order valence-electron chi connectivity index (χ1n) is 12.0. The Hall–Kier alpha value is -3.33. The second-order valence-corrected chi connectivity index (χ2v) is 10.0. The van der Waals surface area contributed by atoms with Crippen molar-refractivity contribution in [2.24, 2.45) is 0 Å². The largest absolute Gasteiger partial charge is 0.454 e. The maximum absolute atomic E-state index is 13.2. The minimum atomic E-state index is -0.378. The molecule has 0 spiro atoms. The molecular formula is C26H28N4O5S2. The van der Waals surface area contributed by atoms with Crippen LogP contribution in [-0.2, 0) is 22.6 Å². The lowest BCUT2D eigenvalue weighted by Gasteiger charge is -2.19. The number of nitrogens with zero attached hydrogens (tertiary/aromatic N) is 3. The monoisotopic (exact) mass is 540 g/mol. The van der Waals surface area contributed by atoms with E-state index in [4.69, 9.17) is 26.4 Å². The molecule has 1 aromatic heterocycles. The number of fused-ring (bicyclic) bond motifs is 1. The summed E-state index contributed by atoms with van der Waals surface area (Å²) < 4.78 is 18.2. The van der Waals surface area contributed by atoms with Gasteiger partial charge in [0.25, 0.3) is 11.5 Å². The van der Waals surface area contributed by atoms with Crippen molar-refractivity contribution in [3.05, 3.63) is 55.7 Å². The van der Waals surface area contributed by atoms with Crippen molar-refractivity contribution >= 4 is 46.1 Å². The van der Waals surface area contributed by atoms with Gasteiger partial charge in [-0.05, 0) is 56.5 Å². The van der Waals surface area contributed by atoms with E-state index in [1.165, 1.54) is 16.3 Å². The number of nitriles is 1. The number of pyridine rings is 1. The van der Waals surface area contributed by atoms with Gasteiger partial charge in [0.05, 0.1) is 4.91 Å². The van der Waals surface area contributed by atoms with Crippen LogP contribution in [-0.4, -0.2) is 46.2 Å². The Labute approximate surface area is 225 Å². The summed E-state index contributed by atoms with van der Waals surface area (Å²) in [7, 11) is 0. The zero-order valence-electron chi connectivity index (χ0n) is 21.0. The van der Waals surface area contributed by atoms with Gasteiger partial charge in [0.1, 0.15) is 21.8 Å². The van der Waals surface area contributed by atoms with Gasteiger partial charge in [-0.25, -0.2) is 0 Å². The van der Waals surface area contributed by atoms with Crippen molar-refractivity contribution < 1.29 is 19.0 Å². The normalized spacial score (nSPS) is 15.5. The number of carbonyl (C=O) groups is 1. The van der Waals surface area contributed by atoms with Gasteiger partial charge in [0, 0.05) is 38.4 Å². The van der Waals surface area contributed by atoms with Gasteiger partial charge in [-0.1, -0.05) is 30.0 Å². The first-order valence-corrected chi connectivity index (χ1v) is 13.2. The zero-order chi connectivity index (χ0) is 26.5. The van der Waals surface area contributed by atoms with E-state index in [-0.39, 0.29) is 23.8 Å². The Bertz CT molecular complexity index is 1360. The number of amides is 1. The SMILES string of the molecule is CCOCCCN1C(=O)/C(=C\c2c(C)c(C#N)c(=O)n(CC)c2NCc2ccc3c(c2)OCO3)SC1=S. The fourth-order valence-electron chi connectivity index (χ4n) is 4.18. The lowest BCUT2D eigenvalue weighted by molar-refractivity contribution is -0.122. The maximum atomic E-state index is 13.2. The van der Waals surface area contributed by atoms with Crippen molar-refractivity contribution in [1.29, 1.82) is 5.26 Å². The molecule has 1 amide bonds. The van der Waals surface area contributed by atoms with Gasteiger partial charge < -0.3 is 19.5 Å². The number of thiocarbonyl (C=S) groups is 1. The smallest absolute Gasteiger partial charge is 0.270 e. The summed E-state index contributed by atoms with van der Waals surface area (Å²) >= 11 is 6.68. The molecule has 1 saturated heterocycles. The third-order valence-corrected chi connectivity index (χ3v) is 7.49. The van der Waals surface area contributed by atoms with Crippen LogP contribution in [0.3, 0.4) is 0 Å². The first-order chi connectivity index (χ1) is 17.9. The maximum Gasteiger partial charge on any atom is 0.270 e. The Morgan fingerprint density at radius 2 is 2.05 bits per heavy atom. The number of hydrogen-bond acceptors (Lipinski definition) is 9. The van der Waals surface area contributed by atoms with Crippen molar-refractivity contribution in [3.8, 4) is 17.6 Å². The molecule has 0 atom stereocenters. The highest BCUT2D eigenvalue weighted by Crippen LogP contribution is 2.36. The summed E-state index contributed by atoms with van der Waals surface area (Å²) in [5, 5.41) is 13.1. The van der Waals surface area contributed by atoms with Crippen molar-refractivity contribution in [3.63, 3.8) is 0 Å². The van der Waals surface area contributed by atoms with E-state index >= 15 is 0 Å². The van der Waals surface area contributed by atoms with Crippen LogP contribution in [0.25, 0.3) is 6.08 Å². The van der Waals surface area contributed by atoms with Crippen LogP contribution in [0, 0.1) is 18.3 Å². The molecule has 11 heteroatoms. The number of rotatable bonds is 10. The van der Waals surface area contributed by atoms with Crippen LogP contribution < -0.4 is 20.3 Å². The number of hydrogen-bond donors (Lipinski definition) is 1. The Balaban J connectivity index is 1.69. The number of nitrogens with one attached hydrogen (secondary N) is 1. The Morgan fingerprint density at radius 1 is 1.27 bits per heavy atom. The Morgan fingerprint density at radius 3 is 2.78 bits per heavy atom. The number of anilines is 1. The molecule has 2 aliphatic heterocycles. The second-order valence-electron chi connectivity index (χ2n) is 8.35. The number of benzene rings is 1. The molecular weight excluding hydrogens is 512 g/mol. The van der Waals surface area contributed by atoms with E-state index in [1.807, 2.05) is 38.1 Å². The lowest BCUT2D eigenvalue weighted by Crippen LogP contribution is -2.30. The highest BCUT2D eigenvalue weighted by atomic mass is 32.2. The lowest BCUT2D eigenvalue weighted by atomic mass is 10.0. The number of thioether (sulfide) groups is 1. The fourth-order valence-corrected chi connectivity index (χ4v) is 5.48. The molecule has 2 aliphatic rings. The molecule has 1 aromatic carbocycles. The van der Waals surface area contributed by atoms with Crippen molar-refractivity contribution in [1.82, 2.24) is 9.47 Å². The summed E-state index contributed by atoms with van der Waals surface area (Å²) in [4.78, 5) is 28.3. The van der Waals surface area contributed by atoms with Crippen LogP contribution in [0.5, 0.6) is 11.5 Å². The van der Waals surface area contributed by atoms with Gasteiger partial charge in [0.15, 0.2) is 11.5 Å². The predicted molar refractivity (Wildman–Crippen MR) is 147 cm³/mol. The van der Waals surface area contributed by atoms with Crippen LogP contribution in [0.1, 0.15) is 42.5 Å². The van der Waals surface area contributed by atoms with Crippen LogP contribution in [0.4, 0.5) is 5.82 Å². The molecule has 37 heavy (non-hydrogen) atoms. The number of aromatic nitrogens is 1. The molecule has 4 rings (SSSR count). The number of carbonyl (C=O) groups excluding carboxylic acids is 1. The molecule has 9 nitrogen and oxygen atoms in total. The quantitative estimate of drug-likeness (QED) is 0.272. The minimum Gasteiger partial charge on any atom is -0.454 e. The van der Waals surface area contributed by atoms with E-state index < -0.39 is 0 Å². The van der Waals surface area contributed by atoms with Crippen molar-refractivity contribution in [2.45, 2.75) is 40.3 Å². The van der Waals surface area contributed by atoms with E-state index in [1.54, 1.807) is 17.9 Å². The standard InChI is InChI=1S/C26H28N4O5S2/c1-4-29-23(28-14-17-7-8-20-21(11-17)35-15-34-20)18(16(3)19(13-27)24(29)31)12-22-25(32)30(26(36)37-22)9-6-10-33-5-2/h7-8,11-12,28H,4-6,9-10,14-15H2,1-3H3/b22-12+. The molecule has 3 heterocycles. The highest BCUT2D eigenvalue weighted by Gasteiger charge is 2.32. The molecule has 1 fully saturated rings. The third-order valence-electron chi connectivity index (χ3n) is 6.11. The van der Waals surface area contributed by atoms with E-state index in [2.05, 4.69) is 5.32 Å². The van der Waals surface area contributed by atoms with Gasteiger partial charge in [-0.15, -0.1) is 0 Å². The summed E-state index contributed by atoms with van der Waals surface area (Å²) in [5.41, 5.74) is 1.71. The van der Waals surface area contributed by atoms with Gasteiger partial charge in [-0.2, -0.15) is 5.26 Å². The summed E-state index contributed by atoms with van der Waals surface area (Å²) in [6.45, 7) is 8.04. The average molecular weight is 541 g/mol. The molecule has 0 unspecified atom stereocenters. The molecule has 2 aromatic rings. The molecule has 0 radical (unpaired) electrons. The van der Waals surface area contributed by atoms with Crippen LogP contribution in [0.15, 0.2) is 27.9 Å². The molecule has 194 valence electrons. The summed E-state index contributed by atoms with van der Waals surface area (Å²) in [5.74, 6) is 1.69.